The molecule has 278 valence electrons. The molecule has 1 fully saturated rings. The Morgan fingerprint density at radius 3 is 1.15 bits per heavy atom. The summed E-state index contributed by atoms with van der Waals surface area (Å²) in [5, 5.41) is 0. The minimum Gasteiger partial charge on any atom is -0.378 e. The molecule has 0 aromatic carbocycles. The summed E-state index contributed by atoms with van der Waals surface area (Å²) < 4.78 is 6.52. The maximum atomic E-state index is 6.52. The number of allylic oxidation sites excluding steroid dienone is 4. The molecule has 0 bridgehead atoms. The average Bonchev–Trinajstić information content (AvgIpc) is 3.02. The van der Waals surface area contributed by atoms with Crippen LogP contribution in [0.25, 0.3) is 0 Å². The Hall–Kier alpha value is -0.600. The highest BCUT2D eigenvalue weighted by Gasteiger charge is 2.45. The van der Waals surface area contributed by atoms with E-state index in [9.17, 15) is 0 Å². The summed E-state index contributed by atoms with van der Waals surface area (Å²) in [5.41, 5.74) is 0.439. The Bertz CT molecular complexity index is 703. The Morgan fingerprint density at radius 2 is 0.766 bits per heavy atom. The second-order valence-electron chi connectivity index (χ2n) is 16.6. The summed E-state index contributed by atoms with van der Waals surface area (Å²) in [4.78, 5) is 2.82. The number of ether oxygens (including phenoxy) is 1. The Balaban J connectivity index is 2.02. The van der Waals surface area contributed by atoms with Gasteiger partial charge in [-0.1, -0.05) is 154 Å². The van der Waals surface area contributed by atoms with Gasteiger partial charge in [-0.25, -0.2) is 0 Å². The van der Waals surface area contributed by atoms with Crippen molar-refractivity contribution < 1.29 is 4.74 Å². The Labute approximate surface area is 297 Å². The maximum absolute atomic E-state index is 6.52. The molecule has 1 heterocycles. The first kappa shape index (κ1) is 44.4. The van der Waals surface area contributed by atoms with Crippen molar-refractivity contribution in [2.75, 3.05) is 13.2 Å². The molecule has 0 N–H and O–H groups in total. The zero-order valence-corrected chi connectivity index (χ0v) is 33.4. The number of hydrogen-bond donors (Lipinski definition) is 0. The smallest absolute Gasteiger partial charge is 0.0610 e. The van der Waals surface area contributed by atoms with E-state index >= 15 is 0 Å². The normalized spacial score (nSPS) is 17.1. The zero-order chi connectivity index (χ0) is 34.3. The molecule has 0 aliphatic carbocycles. The number of piperidine rings is 1. The van der Waals surface area contributed by atoms with Gasteiger partial charge in [0.25, 0.3) is 0 Å². The van der Waals surface area contributed by atoms with Crippen LogP contribution in [0.4, 0.5) is 0 Å². The van der Waals surface area contributed by atoms with Crippen molar-refractivity contribution in [1.29, 1.82) is 0 Å². The van der Waals surface area contributed by atoms with Crippen molar-refractivity contribution >= 4 is 0 Å². The molecule has 2 nitrogen and oxygen atoms in total. The Kier molecular flexibility index (Phi) is 28.6. The third-order valence-electron chi connectivity index (χ3n) is 10.8. The zero-order valence-electron chi connectivity index (χ0n) is 33.4. The van der Waals surface area contributed by atoms with E-state index in [4.69, 9.17) is 4.74 Å². The van der Waals surface area contributed by atoms with Crippen LogP contribution in [0.3, 0.4) is 0 Å². The Morgan fingerprint density at radius 1 is 0.447 bits per heavy atom. The van der Waals surface area contributed by atoms with E-state index in [-0.39, 0.29) is 11.1 Å². The van der Waals surface area contributed by atoms with Gasteiger partial charge < -0.3 is 4.74 Å². The van der Waals surface area contributed by atoms with Gasteiger partial charge in [0.1, 0.15) is 0 Å². The number of unbranched alkanes of at least 4 members (excludes halogenated alkanes) is 24. The lowest BCUT2D eigenvalue weighted by Gasteiger charge is -2.55. The fraction of sp³-hybridized carbons (Fsp3) is 0.911. The topological polar surface area (TPSA) is 12.5 Å². The van der Waals surface area contributed by atoms with Crippen molar-refractivity contribution in [1.82, 2.24) is 4.90 Å². The summed E-state index contributed by atoms with van der Waals surface area (Å²) in [6, 6.07) is 0. The molecule has 2 heteroatoms. The van der Waals surface area contributed by atoms with E-state index in [0.29, 0.717) is 6.10 Å². The van der Waals surface area contributed by atoms with Crippen LogP contribution in [-0.2, 0) is 4.74 Å². The largest absolute Gasteiger partial charge is 0.378 e. The highest BCUT2D eigenvalue weighted by Crippen LogP contribution is 2.40. The van der Waals surface area contributed by atoms with E-state index in [1.165, 1.54) is 199 Å². The fourth-order valence-corrected chi connectivity index (χ4v) is 8.07. The van der Waals surface area contributed by atoms with Crippen LogP contribution in [-0.4, -0.2) is 35.2 Å². The molecule has 1 rings (SSSR count). The van der Waals surface area contributed by atoms with Gasteiger partial charge in [-0.15, -0.1) is 0 Å². The van der Waals surface area contributed by atoms with Gasteiger partial charge in [0.05, 0.1) is 6.10 Å². The summed E-state index contributed by atoms with van der Waals surface area (Å²) in [5.74, 6) is 0. The monoisotopic (exact) mass is 658 g/mol. The minimum absolute atomic E-state index is 0.220. The highest BCUT2D eigenvalue weighted by molar-refractivity contribution is 5.00. The number of rotatable bonds is 33. The van der Waals surface area contributed by atoms with Crippen LogP contribution in [0, 0.1) is 0 Å². The van der Waals surface area contributed by atoms with Gasteiger partial charge >= 0.3 is 0 Å². The molecule has 1 saturated heterocycles. The third kappa shape index (κ3) is 25.1. The number of nitrogens with zero attached hydrogens (tertiary/aromatic N) is 1. The lowest BCUT2D eigenvalue weighted by atomic mass is 9.78. The molecular formula is C45H87NO. The quantitative estimate of drug-likeness (QED) is 0.0514. The van der Waals surface area contributed by atoms with Crippen molar-refractivity contribution in [3.63, 3.8) is 0 Å². The summed E-state index contributed by atoms with van der Waals surface area (Å²) >= 11 is 0. The predicted molar refractivity (Wildman–Crippen MR) is 213 cm³/mol. The summed E-state index contributed by atoms with van der Waals surface area (Å²) in [7, 11) is 0. The van der Waals surface area contributed by atoms with Crippen LogP contribution in [0.15, 0.2) is 24.3 Å². The third-order valence-corrected chi connectivity index (χ3v) is 10.8. The molecule has 0 aromatic rings. The van der Waals surface area contributed by atoms with Crippen LogP contribution < -0.4 is 0 Å². The molecule has 0 atom stereocenters. The van der Waals surface area contributed by atoms with E-state index in [1.54, 1.807) is 0 Å². The lowest BCUT2D eigenvalue weighted by molar-refractivity contribution is -0.104. The maximum Gasteiger partial charge on any atom is 0.0610 e. The van der Waals surface area contributed by atoms with Crippen molar-refractivity contribution in [3.8, 4) is 0 Å². The van der Waals surface area contributed by atoms with Crippen LogP contribution in [0.5, 0.6) is 0 Å². The molecule has 0 radical (unpaired) electrons. The van der Waals surface area contributed by atoms with Gasteiger partial charge in [-0.05, 0) is 111 Å². The molecule has 47 heavy (non-hydrogen) atoms. The fourth-order valence-electron chi connectivity index (χ4n) is 8.07. The van der Waals surface area contributed by atoms with Gasteiger partial charge in [0.2, 0.25) is 0 Å². The summed E-state index contributed by atoms with van der Waals surface area (Å²) in [6.45, 7) is 16.6. The molecule has 0 unspecified atom stereocenters. The van der Waals surface area contributed by atoms with Gasteiger partial charge in [-0.3, -0.25) is 4.90 Å². The first-order valence-electron chi connectivity index (χ1n) is 21.5. The molecule has 1 aliphatic rings. The van der Waals surface area contributed by atoms with E-state index in [0.717, 1.165) is 6.61 Å². The minimum atomic E-state index is 0.220. The first-order chi connectivity index (χ1) is 22.8. The first-order valence-corrected chi connectivity index (χ1v) is 21.5. The van der Waals surface area contributed by atoms with Crippen LogP contribution >= 0.6 is 0 Å². The van der Waals surface area contributed by atoms with Crippen LogP contribution in [0.1, 0.15) is 234 Å². The predicted octanol–water partition coefficient (Wildman–Crippen LogP) is 15.1. The lowest BCUT2D eigenvalue weighted by Crippen LogP contribution is -2.62. The summed E-state index contributed by atoms with van der Waals surface area (Å²) in [6.07, 6.45) is 50.9. The van der Waals surface area contributed by atoms with Gasteiger partial charge in [0.15, 0.2) is 0 Å². The van der Waals surface area contributed by atoms with E-state index in [2.05, 4.69) is 70.7 Å². The SMILES string of the molecule is CCCCCCCCC=CCCCCCCCCOC1CC(C)(C)N(CCCCCCCCC=CCCCCCCCC)C(C)(C)C1. The van der Waals surface area contributed by atoms with Crippen molar-refractivity contribution in [2.45, 2.75) is 251 Å². The molecule has 0 saturated carbocycles. The standard InChI is InChI=1S/C45H87NO/c1-7-9-11-13-15-17-19-21-23-25-27-29-31-33-35-37-39-46-44(3,4)41-43(42-45(46,5)6)47-40-38-36-34-32-30-28-26-24-22-20-18-16-14-12-10-8-2/h21-24,43H,7-20,25-42H2,1-6H3. The van der Waals surface area contributed by atoms with E-state index in [1.807, 2.05) is 0 Å². The van der Waals surface area contributed by atoms with E-state index < -0.39 is 0 Å². The number of likely N-dealkylation sites (tertiary alicyclic amines) is 1. The second kappa shape index (κ2) is 30.2. The average molecular weight is 658 g/mol. The molecule has 0 spiro atoms. The second-order valence-corrected chi connectivity index (χ2v) is 16.6. The van der Waals surface area contributed by atoms with Gasteiger partial charge in [-0.2, -0.15) is 0 Å². The molecule has 0 amide bonds. The van der Waals surface area contributed by atoms with Crippen molar-refractivity contribution in [2.24, 2.45) is 0 Å². The highest BCUT2D eigenvalue weighted by atomic mass is 16.5. The van der Waals surface area contributed by atoms with Gasteiger partial charge in [0, 0.05) is 17.7 Å². The molecule has 1 aliphatic heterocycles. The molecule has 0 aromatic heterocycles. The number of hydrogen-bond acceptors (Lipinski definition) is 2. The molecular weight excluding hydrogens is 571 g/mol. The van der Waals surface area contributed by atoms with Crippen LogP contribution in [0.2, 0.25) is 0 Å². The van der Waals surface area contributed by atoms with Crippen molar-refractivity contribution in [3.05, 3.63) is 24.3 Å².